The summed E-state index contributed by atoms with van der Waals surface area (Å²) in [7, 11) is 5.71. The molecule has 8 nitrogen and oxygen atoms in total. The van der Waals surface area contributed by atoms with Gasteiger partial charge in [0.15, 0.2) is 0 Å². The van der Waals surface area contributed by atoms with Crippen LogP contribution in [-0.4, -0.2) is 65.8 Å². The molecule has 0 aliphatic heterocycles. The van der Waals surface area contributed by atoms with Gasteiger partial charge in [-0.3, -0.25) is 4.98 Å². The van der Waals surface area contributed by atoms with Gasteiger partial charge in [-0.15, -0.1) is 10.2 Å². The molecule has 2 heterocycles. The quantitative estimate of drug-likeness (QED) is 0.383. The van der Waals surface area contributed by atoms with Gasteiger partial charge in [-0.2, -0.15) is 8.78 Å². The SMILES string of the molecule is C=C(N(CC)CCN(C)C)N(Cc1ccc(-c2nnc(C(F)F)o2)cn1)c1ccc(OC)cc1. The first-order valence-electron chi connectivity index (χ1n) is 10.9. The van der Waals surface area contributed by atoms with Crippen LogP contribution >= 0.6 is 0 Å². The van der Waals surface area contributed by atoms with Crippen LogP contribution in [0, 0.1) is 0 Å². The number of halogens is 2. The molecule has 2 aromatic heterocycles. The Morgan fingerprint density at radius 1 is 1.09 bits per heavy atom. The molecular weight excluding hydrogens is 442 g/mol. The molecular formula is C24H30F2N6O2. The predicted octanol–water partition coefficient (Wildman–Crippen LogP) is 4.44. The van der Waals surface area contributed by atoms with Gasteiger partial charge in [0.05, 0.1) is 24.9 Å². The van der Waals surface area contributed by atoms with Crippen molar-refractivity contribution in [3.05, 3.63) is 66.6 Å². The minimum Gasteiger partial charge on any atom is -0.497 e. The third-order valence-electron chi connectivity index (χ3n) is 5.28. The van der Waals surface area contributed by atoms with Crippen LogP contribution in [0.5, 0.6) is 5.75 Å². The number of benzene rings is 1. The van der Waals surface area contributed by atoms with E-state index in [1.54, 1.807) is 13.2 Å². The Morgan fingerprint density at radius 3 is 2.35 bits per heavy atom. The lowest BCUT2D eigenvalue weighted by Gasteiger charge is -2.35. The molecule has 0 spiro atoms. The maximum atomic E-state index is 12.7. The van der Waals surface area contributed by atoms with Crippen molar-refractivity contribution < 1.29 is 17.9 Å². The number of likely N-dealkylation sites (N-methyl/N-ethyl adjacent to an activating group) is 2. The third-order valence-corrected chi connectivity index (χ3v) is 5.28. The normalized spacial score (nSPS) is 11.2. The van der Waals surface area contributed by atoms with Crippen LogP contribution in [0.1, 0.15) is 24.9 Å². The maximum absolute atomic E-state index is 12.7. The van der Waals surface area contributed by atoms with Crippen LogP contribution in [0.2, 0.25) is 0 Å². The lowest BCUT2D eigenvalue weighted by Crippen LogP contribution is -2.38. The molecule has 0 aliphatic rings. The molecule has 182 valence electrons. The number of ether oxygens (including phenoxy) is 1. The zero-order valence-electron chi connectivity index (χ0n) is 19.9. The van der Waals surface area contributed by atoms with Crippen molar-refractivity contribution in [2.24, 2.45) is 0 Å². The van der Waals surface area contributed by atoms with Gasteiger partial charge >= 0.3 is 6.43 Å². The maximum Gasteiger partial charge on any atom is 0.314 e. The highest BCUT2D eigenvalue weighted by Gasteiger charge is 2.19. The second-order valence-corrected chi connectivity index (χ2v) is 7.87. The zero-order chi connectivity index (χ0) is 24.7. The molecule has 0 amide bonds. The fraction of sp³-hybridized carbons (Fsp3) is 0.375. The van der Waals surface area contributed by atoms with Crippen LogP contribution in [-0.2, 0) is 6.54 Å². The Bertz CT molecular complexity index is 1050. The molecule has 0 atom stereocenters. The minimum atomic E-state index is -2.81. The predicted molar refractivity (Wildman–Crippen MR) is 127 cm³/mol. The summed E-state index contributed by atoms with van der Waals surface area (Å²) in [6.45, 7) is 9.44. The highest BCUT2D eigenvalue weighted by atomic mass is 19.3. The van der Waals surface area contributed by atoms with Gasteiger partial charge in [0.25, 0.3) is 5.89 Å². The average Bonchev–Trinajstić information content (AvgIpc) is 3.34. The van der Waals surface area contributed by atoms with E-state index < -0.39 is 12.3 Å². The smallest absolute Gasteiger partial charge is 0.314 e. The Morgan fingerprint density at radius 2 is 1.82 bits per heavy atom. The minimum absolute atomic E-state index is 0.00612. The lowest BCUT2D eigenvalue weighted by atomic mass is 10.2. The van der Waals surface area contributed by atoms with Crippen LogP contribution in [0.15, 0.2) is 59.4 Å². The van der Waals surface area contributed by atoms with E-state index in [1.807, 2.05) is 44.4 Å². The number of anilines is 1. The molecule has 0 bridgehead atoms. The Hall–Kier alpha value is -3.53. The van der Waals surface area contributed by atoms with Gasteiger partial charge in [0.2, 0.25) is 5.89 Å². The summed E-state index contributed by atoms with van der Waals surface area (Å²) < 4.78 is 35.8. The van der Waals surface area contributed by atoms with Gasteiger partial charge in [0, 0.05) is 31.5 Å². The number of hydrogen-bond acceptors (Lipinski definition) is 8. The molecule has 10 heteroatoms. The molecule has 34 heavy (non-hydrogen) atoms. The Balaban J connectivity index is 1.84. The highest BCUT2D eigenvalue weighted by molar-refractivity contribution is 5.54. The van der Waals surface area contributed by atoms with Crippen molar-refractivity contribution >= 4 is 5.69 Å². The van der Waals surface area contributed by atoms with E-state index in [2.05, 4.69) is 43.4 Å². The average molecular weight is 473 g/mol. The summed E-state index contributed by atoms with van der Waals surface area (Å²) in [6.07, 6.45) is -1.27. The van der Waals surface area contributed by atoms with Gasteiger partial charge in [-0.25, -0.2) is 0 Å². The van der Waals surface area contributed by atoms with Crippen molar-refractivity contribution in [1.82, 2.24) is 25.0 Å². The van der Waals surface area contributed by atoms with Gasteiger partial charge in [0.1, 0.15) is 11.6 Å². The third kappa shape index (κ3) is 6.28. The molecule has 0 radical (unpaired) electrons. The number of rotatable bonds is 12. The summed E-state index contributed by atoms with van der Waals surface area (Å²) >= 11 is 0. The van der Waals surface area contributed by atoms with Crippen molar-refractivity contribution in [3.63, 3.8) is 0 Å². The molecule has 0 N–H and O–H groups in total. The van der Waals surface area contributed by atoms with Crippen LogP contribution in [0.3, 0.4) is 0 Å². The number of aromatic nitrogens is 3. The summed E-state index contributed by atoms with van der Waals surface area (Å²) in [5.41, 5.74) is 2.18. The van der Waals surface area contributed by atoms with Gasteiger partial charge < -0.3 is 23.9 Å². The van der Waals surface area contributed by atoms with Crippen LogP contribution < -0.4 is 9.64 Å². The Kier molecular flexibility index (Phi) is 8.53. The summed E-state index contributed by atoms with van der Waals surface area (Å²) in [5, 5.41) is 7.04. The first kappa shape index (κ1) is 25.1. The fourth-order valence-corrected chi connectivity index (χ4v) is 3.30. The van der Waals surface area contributed by atoms with E-state index in [1.165, 1.54) is 6.20 Å². The molecule has 0 saturated heterocycles. The highest BCUT2D eigenvalue weighted by Crippen LogP contribution is 2.27. The second-order valence-electron chi connectivity index (χ2n) is 7.87. The Labute approximate surface area is 198 Å². The topological polar surface area (TPSA) is 70.8 Å². The standard InChI is InChI=1S/C24H30F2N6O2/c1-6-31(14-13-30(3)4)17(2)32(20-9-11-21(33-5)12-10-20)16-19-8-7-18(15-27-19)23-28-29-24(34-23)22(25)26/h7-12,15,22H,2,6,13-14,16H2,1,3-5H3. The number of pyridine rings is 1. The molecule has 0 saturated carbocycles. The second kappa shape index (κ2) is 11.6. The molecule has 0 aliphatic carbocycles. The molecule has 3 aromatic rings. The first-order chi connectivity index (χ1) is 16.3. The first-order valence-corrected chi connectivity index (χ1v) is 10.9. The summed E-state index contributed by atoms with van der Waals surface area (Å²) in [5.74, 6) is 0.906. The van der Waals surface area contributed by atoms with Crippen molar-refractivity contribution in [2.75, 3.05) is 45.7 Å². The van der Waals surface area contributed by atoms with Crippen molar-refractivity contribution in [3.8, 4) is 17.2 Å². The number of methoxy groups -OCH3 is 1. The van der Waals surface area contributed by atoms with Crippen LogP contribution in [0.4, 0.5) is 14.5 Å². The zero-order valence-corrected chi connectivity index (χ0v) is 19.9. The van der Waals surface area contributed by atoms with Gasteiger partial charge in [-0.05, 0) is 57.4 Å². The van der Waals surface area contributed by atoms with Crippen LogP contribution in [0.25, 0.3) is 11.5 Å². The van der Waals surface area contributed by atoms with Gasteiger partial charge in [-0.1, -0.05) is 6.58 Å². The van der Waals surface area contributed by atoms with E-state index in [0.29, 0.717) is 12.1 Å². The van der Waals surface area contributed by atoms with E-state index in [9.17, 15) is 8.78 Å². The van der Waals surface area contributed by atoms with E-state index >= 15 is 0 Å². The van der Waals surface area contributed by atoms with E-state index in [4.69, 9.17) is 9.15 Å². The molecule has 0 fully saturated rings. The summed E-state index contributed by atoms with van der Waals surface area (Å²) in [6, 6.07) is 11.3. The fourth-order valence-electron chi connectivity index (χ4n) is 3.30. The summed E-state index contributed by atoms with van der Waals surface area (Å²) in [4.78, 5) is 10.9. The van der Waals surface area contributed by atoms with E-state index in [0.717, 1.165) is 42.6 Å². The van der Waals surface area contributed by atoms with Crippen molar-refractivity contribution in [2.45, 2.75) is 19.9 Å². The largest absolute Gasteiger partial charge is 0.497 e. The van der Waals surface area contributed by atoms with E-state index in [-0.39, 0.29) is 5.89 Å². The number of hydrogen-bond donors (Lipinski definition) is 0. The van der Waals surface area contributed by atoms with Crippen molar-refractivity contribution in [1.29, 1.82) is 0 Å². The molecule has 1 aromatic carbocycles. The lowest BCUT2D eigenvalue weighted by molar-refractivity contribution is 0.116. The molecule has 3 rings (SSSR count). The molecule has 0 unspecified atom stereocenters. The monoisotopic (exact) mass is 472 g/mol. The number of nitrogens with zero attached hydrogens (tertiary/aromatic N) is 6. The number of alkyl halides is 2.